The van der Waals surface area contributed by atoms with Crippen molar-refractivity contribution in [2.75, 3.05) is 26.2 Å². The Balaban J connectivity index is 1.77. The molecule has 2 rings (SSSR count). The zero-order chi connectivity index (χ0) is 13.0. The predicted octanol–water partition coefficient (Wildman–Crippen LogP) is 2.83. The Kier molecular flexibility index (Phi) is 4.87. The van der Waals surface area contributed by atoms with Crippen molar-refractivity contribution in [3.8, 4) is 5.75 Å². The summed E-state index contributed by atoms with van der Waals surface area (Å²) in [5.74, 6) is 0.758. The third kappa shape index (κ3) is 3.87. The van der Waals surface area contributed by atoms with E-state index in [4.69, 9.17) is 21.1 Å². The topological polar surface area (TPSA) is 21.7 Å². The molecule has 0 aliphatic carbocycles. The van der Waals surface area contributed by atoms with Gasteiger partial charge in [0.15, 0.2) is 0 Å². The fourth-order valence-corrected chi connectivity index (χ4v) is 2.50. The number of hydrogen-bond acceptors (Lipinski definition) is 3. The zero-order valence-electron chi connectivity index (χ0n) is 10.9. The second-order valence-corrected chi connectivity index (χ2v) is 5.20. The number of hydrogen-bond donors (Lipinski definition) is 0. The highest BCUT2D eigenvalue weighted by molar-refractivity contribution is 6.32. The number of ether oxygens (including phenoxy) is 2. The van der Waals surface area contributed by atoms with Gasteiger partial charge in [0.2, 0.25) is 0 Å². The molecule has 1 saturated heterocycles. The van der Waals surface area contributed by atoms with Crippen molar-refractivity contribution in [3.63, 3.8) is 0 Å². The lowest BCUT2D eigenvalue weighted by Gasteiger charge is -2.35. The monoisotopic (exact) mass is 269 g/mol. The van der Waals surface area contributed by atoms with E-state index in [2.05, 4.69) is 18.7 Å². The molecule has 0 bridgehead atoms. The number of para-hydroxylation sites is 1. The minimum atomic E-state index is 0.300. The van der Waals surface area contributed by atoms with Crippen LogP contribution in [0.1, 0.15) is 13.8 Å². The van der Waals surface area contributed by atoms with Crippen LogP contribution in [0.25, 0.3) is 0 Å². The maximum absolute atomic E-state index is 6.03. The maximum Gasteiger partial charge on any atom is 0.137 e. The van der Waals surface area contributed by atoms with Crippen molar-refractivity contribution >= 4 is 11.6 Å². The third-order valence-electron chi connectivity index (χ3n) is 3.00. The molecule has 1 aliphatic rings. The van der Waals surface area contributed by atoms with E-state index < -0.39 is 0 Å². The Morgan fingerprint density at radius 2 is 1.94 bits per heavy atom. The summed E-state index contributed by atoms with van der Waals surface area (Å²) in [5.41, 5.74) is 0. The summed E-state index contributed by atoms with van der Waals surface area (Å²) in [6, 6.07) is 7.57. The molecule has 0 aromatic heterocycles. The van der Waals surface area contributed by atoms with Crippen LogP contribution in [0.3, 0.4) is 0 Å². The molecule has 18 heavy (non-hydrogen) atoms. The zero-order valence-corrected chi connectivity index (χ0v) is 11.7. The standard InChI is InChI=1S/C14H20ClNO2/c1-11-9-16(10-12(2)18-11)7-8-17-14-6-4-3-5-13(14)15/h3-6,11-12H,7-10H2,1-2H3/t11-,12-/m0/s1. The van der Waals surface area contributed by atoms with Crippen LogP contribution >= 0.6 is 11.6 Å². The van der Waals surface area contributed by atoms with E-state index in [1.54, 1.807) is 0 Å². The van der Waals surface area contributed by atoms with Crippen LogP contribution in [0.4, 0.5) is 0 Å². The number of halogens is 1. The van der Waals surface area contributed by atoms with Crippen molar-refractivity contribution in [2.24, 2.45) is 0 Å². The van der Waals surface area contributed by atoms with E-state index in [-0.39, 0.29) is 0 Å². The van der Waals surface area contributed by atoms with Crippen molar-refractivity contribution < 1.29 is 9.47 Å². The smallest absolute Gasteiger partial charge is 0.137 e. The summed E-state index contributed by atoms with van der Waals surface area (Å²) in [6.07, 6.45) is 0.600. The molecule has 0 saturated carbocycles. The van der Waals surface area contributed by atoms with E-state index in [9.17, 15) is 0 Å². The highest BCUT2D eigenvalue weighted by Crippen LogP contribution is 2.23. The predicted molar refractivity (Wildman–Crippen MR) is 73.4 cm³/mol. The van der Waals surface area contributed by atoms with Crippen LogP contribution in [0.15, 0.2) is 24.3 Å². The molecule has 3 nitrogen and oxygen atoms in total. The fraction of sp³-hybridized carbons (Fsp3) is 0.571. The lowest BCUT2D eigenvalue weighted by molar-refractivity contribution is -0.0699. The van der Waals surface area contributed by atoms with E-state index in [0.717, 1.165) is 25.4 Å². The molecule has 1 heterocycles. The maximum atomic E-state index is 6.03. The summed E-state index contributed by atoms with van der Waals surface area (Å²) in [7, 11) is 0. The molecule has 1 aromatic rings. The molecule has 0 radical (unpaired) electrons. The minimum absolute atomic E-state index is 0.300. The molecule has 4 heteroatoms. The van der Waals surface area contributed by atoms with E-state index in [1.165, 1.54) is 0 Å². The van der Waals surface area contributed by atoms with Crippen LogP contribution in [-0.2, 0) is 4.74 Å². The molecule has 0 unspecified atom stereocenters. The first-order chi connectivity index (χ1) is 8.65. The van der Waals surface area contributed by atoms with Crippen LogP contribution in [0.5, 0.6) is 5.75 Å². The van der Waals surface area contributed by atoms with Crippen molar-refractivity contribution in [1.29, 1.82) is 0 Å². The molecule has 0 amide bonds. The minimum Gasteiger partial charge on any atom is -0.491 e. The molecule has 0 N–H and O–H groups in total. The highest BCUT2D eigenvalue weighted by atomic mass is 35.5. The Bertz CT molecular complexity index is 376. The van der Waals surface area contributed by atoms with Crippen molar-refractivity contribution in [3.05, 3.63) is 29.3 Å². The first-order valence-corrected chi connectivity index (χ1v) is 6.78. The molecule has 100 valence electrons. The highest BCUT2D eigenvalue weighted by Gasteiger charge is 2.21. The quantitative estimate of drug-likeness (QED) is 0.839. The molecular weight excluding hydrogens is 250 g/mol. The summed E-state index contributed by atoms with van der Waals surface area (Å²) >= 11 is 6.03. The third-order valence-corrected chi connectivity index (χ3v) is 3.31. The van der Waals surface area contributed by atoms with E-state index >= 15 is 0 Å². The molecular formula is C14H20ClNO2. The van der Waals surface area contributed by atoms with Gasteiger partial charge >= 0.3 is 0 Å². The van der Waals surface area contributed by atoms with Crippen LogP contribution in [0, 0.1) is 0 Å². The average Bonchev–Trinajstić information content (AvgIpc) is 2.30. The molecule has 1 aliphatic heterocycles. The SMILES string of the molecule is C[C@H]1CN(CCOc2ccccc2Cl)C[C@H](C)O1. The van der Waals surface area contributed by atoms with Gasteiger partial charge in [-0.05, 0) is 26.0 Å². The second-order valence-electron chi connectivity index (χ2n) is 4.80. The average molecular weight is 270 g/mol. The van der Waals surface area contributed by atoms with Crippen molar-refractivity contribution in [1.82, 2.24) is 4.90 Å². The second kappa shape index (κ2) is 6.41. The van der Waals surface area contributed by atoms with Crippen LogP contribution < -0.4 is 4.74 Å². The Labute approximate surface area is 114 Å². The summed E-state index contributed by atoms with van der Waals surface area (Å²) in [4.78, 5) is 2.37. The molecule has 0 spiro atoms. The summed E-state index contributed by atoms with van der Waals surface area (Å²) in [5, 5.41) is 0.668. The number of rotatable bonds is 4. The first-order valence-electron chi connectivity index (χ1n) is 6.40. The molecule has 2 atom stereocenters. The molecule has 1 fully saturated rings. The lowest BCUT2D eigenvalue weighted by Crippen LogP contribution is -2.46. The number of nitrogens with zero attached hydrogens (tertiary/aromatic N) is 1. The van der Waals surface area contributed by atoms with Gasteiger partial charge in [0.25, 0.3) is 0 Å². The Morgan fingerprint density at radius 3 is 2.61 bits per heavy atom. The van der Waals surface area contributed by atoms with Gasteiger partial charge in [0.1, 0.15) is 12.4 Å². The van der Waals surface area contributed by atoms with Gasteiger partial charge in [-0.1, -0.05) is 23.7 Å². The van der Waals surface area contributed by atoms with Gasteiger partial charge < -0.3 is 9.47 Å². The van der Waals surface area contributed by atoms with Gasteiger partial charge in [0.05, 0.1) is 17.2 Å². The first kappa shape index (κ1) is 13.7. The van der Waals surface area contributed by atoms with Gasteiger partial charge in [-0.2, -0.15) is 0 Å². The van der Waals surface area contributed by atoms with Crippen molar-refractivity contribution in [2.45, 2.75) is 26.1 Å². The van der Waals surface area contributed by atoms with Gasteiger partial charge in [-0.25, -0.2) is 0 Å². The number of morpholine rings is 1. The Hall–Kier alpha value is -0.770. The fourth-order valence-electron chi connectivity index (χ4n) is 2.31. The summed E-state index contributed by atoms with van der Waals surface area (Å²) < 4.78 is 11.4. The lowest BCUT2D eigenvalue weighted by atomic mass is 10.2. The molecule has 1 aromatic carbocycles. The van der Waals surface area contributed by atoms with E-state index in [1.807, 2.05) is 24.3 Å². The van der Waals surface area contributed by atoms with Gasteiger partial charge in [0, 0.05) is 19.6 Å². The van der Waals surface area contributed by atoms with Gasteiger partial charge in [-0.3, -0.25) is 4.90 Å². The van der Waals surface area contributed by atoms with Crippen LogP contribution in [0.2, 0.25) is 5.02 Å². The number of benzene rings is 1. The van der Waals surface area contributed by atoms with E-state index in [0.29, 0.717) is 23.8 Å². The van der Waals surface area contributed by atoms with Gasteiger partial charge in [-0.15, -0.1) is 0 Å². The van der Waals surface area contributed by atoms with Crippen LogP contribution in [-0.4, -0.2) is 43.3 Å². The Morgan fingerprint density at radius 1 is 1.28 bits per heavy atom. The summed E-state index contributed by atoms with van der Waals surface area (Å²) in [6.45, 7) is 7.72. The largest absolute Gasteiger partial charge is 0.491 e. The normalized spacial score (nSPS) is 25.1.